The van der Waals surface area contributed by atoms with E-state index in [1.165, 1.54) is 12.1 Å². The Morgan fingerprint density at radius 2 is 2.25 bits per heavy atom. The molecule has 5 nitrogen and oxygen atoms in total. The molecule has 0 saturated carbocycles. The first-order chi connectivity index (χ1) is 9.72. The molecule has 0 radical (unpaired) electrons. The van der Waals surface area contributed by atoms with Gasteiger partial charge in [-0.05, 0) is 30.5 Å². The molecule has 1 aromatic carbocycles. The van der Waals surface area contributed by atoms with E-state index in [9.17, 15) is 4.39 Å². The maximum absolute atomic E-state index is 13.2. The van der Waals surface area contributed by atoms with E-state index in [4.69, 9.17) is 5.84 Å². The summed E-state index contributed by atoms with van der Waals surface area (Å²) in [5.74, 6) is 6.26. The number of nitrogens with two attached hydrogens (primary N) is 1. The van der Waals surface area contributed by atoms with Crippen molar-refractivity contribution in [3.63, 3.8) is 0 Å². The Hall–Kier alpha value is -1.79. The highest BCUT2D eigenvalue weighted by molar-refractivity contribution is 5.17. The van der Waals surface area contributed by atoms with Crippen LogP contribution >= 0.6 is 0 Å². The number of nitrogens with one attached hydrogen (secondary N) is 1. The molecule has 108 valence electrons. The lowest BCUT2D eigenvalue weighted by Gasteiger charge is -2.16. The van der Waals surface area contributed by atoms with E-state index in [2.05, 4.69) is 22.4 Å². The van der Waals surface area contributed by atoms with Crippen molar-refractivity contribution in [2.75, 3.05) is 0 Å². The largest absolute Gasteiger partial charge is 0.271 e. The van der Waals surface area contributed by atoms with Gasteiger partial charge in [-0.25, -0.2) is 9.37 Å². The number of halogens is 1. The number of rotatable bonds is 7. The lowest BCUT2D eigenvalue weighted by atomic mass is 10.0. The Bertz CT molecular complexity index is 540. The van der Waals surface area contributed by atoms with Gasteiger partial charge in [0.15, 0.2) is 0 Å². The van der Waals surface area contributed by atoms with E-state index in [-0.39, 0.29) is 11.9 Å². The number of nitrogens with zero attached hydrogens (tertiary/aromatic N) is 3. The zero-order valence-electron chi connectivity index (χ0n) is 11.6. The third kappa shape index (κ3) is 3.85. The van der Waals surface area contributed by atoms with Crippen LogP contribution in [0.3, 0.4) is 0 Å². The average molecular weight is 277 g/mol. The second-order valence-corrected chi connectivity index (χ2v) is 4.80. The first-order valence-corrected chi connectivity index (χ1v) is 6.80. The summed E-state index contributed by atoms with van der Waals surface area (Å²) in [6, 6.07) is 6.56. The van der Waals surface area contributed by atoms with Gasteiger partial charge in [0.2, 0.25) is 0 Å². The molecule has 1 heterocycles. The molecule has 1 atom stereocenters. The van der Waals surface area contributed by atoms with Gasteiger partial charge in [-0.3, -0.25) is 16.0 Å². The molecule has 3 N–H and O–H groups in total. The summed E-state index contributed by atoms with van der Waals surface area (Å²) >= 11 is 0. The van der Waals surface area contributed by atoms with Crippen LogP contribution in [0.25, 0.3) is 0 Å². The number of aromatic nitrogens is 3. The molecule has 20 heavy (non-hydrogen) atoms. The van der Waals surface area contributed by atoms with Crippen molar-refractivity contribution >= 4 is 0 Å². The van der Waals surface area contributed by atoms with Crippen LogP contribution in [0.15, 0.2) is 30.6 Å². The molecule has 6 heteroatoms. The number of aryl methyl sites for hydroxylation is 1. The Balaban J connectivity index is 2.03. The van der Waals surface area contributed by atoms with E-state index < -0.39 is 0 Å². The van der Waals surface area contributed by atoms with E-state index in [0.29, 0.717) is 12.8 Å². The van der Waals surface area contributed by atoms with Crippen LogP contribution in [-0.2, 0) is 19.4 Å². The van der Waals surface area contributed by atoms with Gasteiger partial charge in [-0.15, -0.1) is 0 Å². The molecule has 0 spiro atoms. The third-order valence-electron chi connectivity index (χ3n) is 3.17. The molecule has 0 bridgehead atoms. The van der Waals surface area contributed by atoms with Crippen molar-refractivity contribution in [3.8, 4) is 0 Å². The van der Waals surface area contributed by atoms with Gasteiger partial charge in [-0.1, -0.05) is 19.1 Å². The molecule has 1 unspecified atom stereocenters. The summed E-state index contributed by atoms with van der Waals surface area (Å²) in [6.07, 6.45) is 3.86. The molecular weight excluding hydrogens is 257 g/mol. The summed E-state index contributed by atoms with van der Waals surface area (Å²) in [7, 11) is 0. The number of hydrogen-bond donors (Lipinski definition) is 2. The monoisotopic (exact) mass is 277 g/mol. The van der Waals surface area contributed by atoms with Crippen molar-refractivity contribution in [1.29, 1.82) is 0 Å². The minimum Gasteiger partial charge on any atom is -0.271 e. The van der Waals surface area contributed by atoms with E-state index in [1.54, 1.807) is 12.4 Å². The smallest absolute Gasteiger partial charge is 0.138 e. The predicted octanol–water partition coefficient (Wildman–Crippen LogP) is 1.44. The summed E-state index contributed by atoms with van der Waals surface area (Å²) in [6.45, 7) is 2.93. The van der Waals surface area contributed by atoms with E-state index >= 15 is 0 Å². The highest BCUT2D eigenvalue weighted by atomic mass is 19.1. The fraction of sp³-hybridized carbons (Fsp3) is 0.429. The lowest BCUT2D eigenvalue weighted by molar-refractivity contribution is 0.481. The summed E-state index contributed by atoms with van der Waals surface area (Å²) in [4.78, 5) is 4.26. The molecule has 0 aliphatic heterocycles. The fourth-order valence-corrected chi connectivity index (χ4v) is 2.20. The topological polar surface area (TPSA) is 68.8 Å². The van der Waals surface area contributed by atoms with Crippen molar-refractivity contribution in [2.45, 2.75) is 38.8 Å². The minimum absolute atomic E-state index is 0.00314. The molecule has 0 saturated heterocycles. The highest BCUT2D eigenvalue weighted by Crippen LogP contribution is 2.09. The second kappa shape index (κ2) is 7.12. The van der Waals surface area contributed by atoms with Gasteiger partial charge < -0.3 is 0 Å². The normalized spacial score (nSPS) is 12.6. The predicted molar refractivity (Wildman–Crippen MR) is 75.2 cm³/mol. The Morgan fingerprint density at radius 3 is 2.95 bits per heavy atom. The first kappa shape index (κ1) is 14.6. The first-order valence-electron chi connectivity index (χ1n) is 6.80. The Kier molecular flexibility index (Phi) is 5.20. The molecule has 2 rings (SSSR count). The van der Waals surface area contributed by atoms with Gasteiger partial charge >= 0.3 is 0 Å². The lowest BCUT2D eigenvalue weighted by Crippen LogP contribution is -2.39. The van der Waals surface area contributed by atoms with Crippen LogP contribution in [0.5, 0.6) is 0 Å². The maximum Gasteiger partial charge on any atom is 0.138 e. The summed E-state index contributed by atoms with van der Waals surface area (Å²) in [5, 5.41) is 4.19. The van der Waals surface area contributed by atoms with Crippen molar-refractivity contribution in [3.05, 3.63) is 47.8 Å². The minimum atomic E-state index is -0.229. The van der Waals surface area contributed by atoms with Gasteiger partial charge in [0.05, 0.1) is 0 Å². The van der Waals surface area contributed by atoms with E-state index in [1.807, 2.05) is 10.7 Å². The van der Waals surface area contributed by atoms with Crippen LogP contribution in [-0.4, -0.2) is 20.8 Å². The zero-order chi connectivity index (χ0) is 14.4. The molecule has 0 fully saturated rings. The van der Waals surface area contributed by atoms with Crippen LogP contribution in [0.2, 0.25) is 0 Å². The zero-order valence-corrected chi connectivity index (χ0v) is 11.6. The van der Waals surface area contributed by atoms with Crippen molar-refractivity contribution in [2.24, 2.45) is 5.84 Å². The van der Waals surface area contributed by atoms with Gasteiger partial charge in [-0.2, -0.15) is 5.10 Å². The Morgan fingerprint density at radius 1 is 1.40 bits per heavy atom. The van der Waals surface area contributed by atoms with Crippen LogP contribution in [0.1, 0.15) is 24.7 Å². The van der Waals surface area contributed by atoms with Crippen LogP contribution < -0.4 is 11.3 Å². The third-order valence-corrected chi connectivity index (χ3v) is 3.17. The van der Waals surface area contributed by atoms with Crippen LogP contribution in [0, 0.1) is 5.82 Å². The molecule has 2 aromatic rings. The SMILES string of the molecule is CCCn1ncnc1CC(Cc1cccc(F)c1)NN. The van der Waals surface area contributed by atoms with Gasteiger partial charge in [0, 0.05) is 19.0 Å². The van der Waals surface area contributed by atoms with E-state index in [0.717, 1.165) is 24.4 Å². The molecule has 0 aliphatic rings. The summed E-state index contributed by atoms with van der Waals surface area (Å²) < 4.78 is 15.1. The highest BCUT2D eigenvalue weighted by Gasteiger charge is 2.13. The standard InChI is InChI=1S/C14H20FN5/c1-2-6-20-14(17-10-18-20)9-13(19-16)8-11-4-3-5-12(15)7-11/h3-5,7,10,13,19H,2,6,8-9,16H2,1H3. The maximum atomic E-state index is 13.2. The second-order valence-electron chi connectivity index (χ2n) is 4.80. The van der Waals surface area contributed by atoms with Gasteiger partial charge in [0.1, 0.15) is 18.0 Å². The average Bonchev–Trinajstić information content (AvgIpc) is 2.86. The molecule has 1 aromatic heterocycles. The molecule has 0 amide bonds. The molecular formula is C14H20FN5. The number of hydrogen-bond acceptors (Lipinski definition) is 4. The fourth-order valence-electron chi connectivity index (χ4n) is 2.20. The van der Waals surface area contributed by atoms with Crippen molar-refractivity contribution < 1.29 is 4.39 Å². The number of hydrazine groups is 1. The summed E-state index contributed by atoms with van der Waals surface area (Å²) in [5.41, 5.74) is 3.69. The quantitative estimate of drug-likeness (QED) is 0.593. The Labute approximate surface area is 118 Å². The van der Waals surface area contributed by atoms with Gasteiger partial charge in [0.25, 0.3) is 0 Å². The molecule has 0 aliphatic carbocycles. The number of benzene rings is 1. The van der Waals surface area contributed by atoms with Crippen LogP contribution in [0.4, 0.5) is 4.39 Å². The van der Waals surface area contributed by atoms with Crippen molar-refractivity contribution in [1.82, 2.24) is 20.2 Å².